The van der Waals surface area contributed by atoms with Crippen molar-refractivity contribution in [2.24, 2.45) is 0 Å². The third-order valence-electron chi connectivity index (χ3n) is 3.64. The zero-order valence-corrected chi connectivity index (χ0v) is 11.5. The summed E-state index contributed by atoms with van der Waals surface area (Å²) in [6, 6.07) is 5.46. The number of carbonyl (C=O) groups excluding carboxylic acids is 1. The highest BCUT2D eigenvalue weighted by molar-refractivity contribution is 5.95. The highest BCUT2D eigenvalue weighted by atomic mass is 16.5. The second-order valence-electron chi connectivity index (χ2n) is 5.20. The van der Waals surface area contributed by atoms with Gasteiger partial charge in [-0.2, -0.15) is 0 Å². The lowest BCUT2D eigenvalue weighted by atomic mass is 10.0. The van der Waals surface area contributed by atoms with Crippen molar-refractivity contribution in [3.63, 3.8) is 0 Å². The van der Waals surface area contributed by atoms with Gasteiger partial charge in [-0.15, -0.1) is 0 Å². The fraction of sp³-hybridized carbons (Fsp3) is 0.533. The van der Waals surface area contributed by atoms with Gasteiger partial charge in [-0.3, -0.25) is 4.79 Å². The predicted octanol–water partition coefficient (Wildman–Crippen LogP) is 1.93. The van der Waals surface area contributed by atoms with Crippen LogP contribution < -0.4 is 20.1 Å². The maximum absolute atomic E-state index is 12.2. The van der Waals surface area contributed by atoms with Crippen LogP contribution in [0.4, 0.5) is 5.69 Å². The number of rotatable bonds is 2. The molecule has 1 atom stereocenters. The molecule has 2 heterocycles. The molecule has 2 aliphatic heterocycles. The molecule has 5 nitrogen and oxygen atoms in total. The Bertz CT molecular complexity index is 484. The van der Waals surface area contributed by atoms with Crippen molar-refractivity contribution in [1.82, 2.24) is 5.32 Å². The Morgan fingerprint density at radius 3 is 2.80 bits per heavy atom. The maximum atomic E-state index is 12.2. The van der Waals surface area contributed by atoms with Gasteiger partial charge in [0.25, 0.3) is 0 Å². The number of anilines is 1. The topological polar surface area (TPSA) is 59.6 Å². The van der Waals surface area contributed by atoms with Crippen molar-refractivity contribution in [3.05, 3.63) is 18.2 Å². The van der Waals surface area contributed by atoms with E-state index in [1.54, 1.807) is 0 Å². The quantitative estimate of drug-likeness (QED) is 0.866. The van der Waals surface area contributed by atoms with E-state index in [-0.39, 0.29) is 11.9 Å². The Balaban J connectivity index is 1.68. The standard InChI is InChI=1S/C15H20N2O3/c18-15(12-4-1-2-7-16-12)17-11-5-6-13-14(10-11)20-9-3-8-19-13/h5-6,10,12,16H,1-4,7-9H2,(H,17,18)/t12-/m1/s1. The van der Waals surface area contributed by atoms with Crippen molar-refractivity contribution in [2.45, 2.75) is 31.7 Å². The molecule has 0 aromatic heterocycles. The number of carbonyl (C=O) groups is 1. The minimum atomic E-state index is -0.0836. The van der Waals surface area contributed by atoms with Gasteiger partial charge in [-0.05, 0) is 31.5 Å². The van der Waals surface area contributed by atoms with Crippen LogP contribution in [-0.2, 0) is 4.79 Å². The van der Waals surface area contributed by atoms with E-state index in [2.05, 4.69) is 10.6 Å². The Kier molecular flexibility index (Phi) is 4.06. The number of amides is 1. The van der Waals surface area contributed by atoms with E-state index in [0.717, 1.165) is 43.7 Å². The Morgan fingerprint density at radius 2 is 2.00 bits per heavy atom. The molecule has 1 aromatic carbocycles. The van der Waals surface area contributed by atoms with Crippen LogP contribution in [0.5, 0.6) is 11.5 Å². The van der Waals surface area contributed by atoms with Gasteiger partial charge in [0.1, 0.15) is 0 Å². The number of hydrogen-bond donors (Lipinski definition) is 2. The smallest absolute Gasteiger partial charge is 0.241 e. The van der Waals surface area contributed by atoms with Gasteiger partial charge >= 0.3 is 0 Å². The summed E-state index contributed by atoms with van der Waals surface area (Å²) in [5.74, 6) is 1.48. The molecule has 0 radical (unpaired) electrons. The van der Waals surface area contributed by atoms with Crippen LogP contribution in [0.2, 0.25) is 0 Å². The highest BCUT2D eigenvalue weighted by Gasteiger charge is 2.21. The summed E-state index contributed by atoms with van der Waals surface area (Å²) in [7, 11) is 0. The number of fused-ring (bicyclic) bond motifs is 1. The number of ether oxygens (including phenoxy) is 2. The molecule has 0 spiro atoms. The monoisotopic (exact) mass is 276 g/mol. The van der Waals surface area contributed by atoms with E-state index in [0.29, 0.717) is 19.0 Å². The molecular weight excluding hydrogens is 256 g/mol. The molecule has 0 unspecified atom stereocenters. The highest BCUT2D eigenvalue weighted by Crippen LogP contribution is 2.32. The van der Waals surface area contributed by atoms with Crippen LogP contribution in [0.1, 0.15) is 25.7 Å². The fourth-order valence-corrected chi connectivity index (χ4v) is 2.55. The van der Waals surface area contributed by atoms with E-state index in [4.69, 9.17) is 9.47 Å². The van der Waals surface area contributed by atoms with Gasteiger partial charge in [0.2, 0.25) is 5.91 Å². The normalized spacial score (nSPS) is 21.9. The first-order valence-electron chi connectivity index (χ1n) is 7.27. The molecule has 1 saturated heterocycles. The molecule has 2 aliphatic rings. The van der Waals surface area contributed by atoms with E-state index in [9.17, 15) is 4.79 Å². The van der Waals surface area contributed by atoms with E-state index >= 15 is 0 Å². The van der Waals surface area contributed by atoms with Crippen molar-refractivity contribution in [1.29, 1.82) is 0 Å². The Labute approximate surface area is 118 Å². The number of benzene rings is 1. The van der Waals surface area contributed by atoms with Crippen LogP contribution in [-0.4, -0.2) is 31.7 Å². The first kappa shape index (κ1) is 13.2. The summed E-state index contributed by atoms with van der Waals surface area (Å²) < 4.78 is 11.2. The summed E-state index contributed by atoms with van der Waals surface area (Å²) in [5, 5.41) is 6.19. The van der Waals surface area contributed by atoms with Crippen molar-refractivity contribution in [3.8, 4) is 11.5 Å². The molecule has 1 amide bonds. The molecule has 5 heteroatoms. The van der Waals surface area contributed by atoms with Crippen molar-refractivity contribution in [2.75, 3.05) is 25.1 Å². The molecule has 0 saturated carbocycles. The molecule has 1 aromatic rings. The Morgan fingerprint density at radius 1 is 1.15 bits per heavy atom. The third kappa shape index (κ3) is 3.04. The number of nitrogens with one attached hydrogen (secondary N) is 2. The molecular formula is C15H20N2O3. The summed E-state index contributed by atoms with van der Waals surface area (Å²) in [6.45, 7) is 2.23. The first-order valence-corrected chi connectivity index (χ1v) is 7.27. The molecule has 108 valence electrons. The van der Waals surface area contributed by atoms with Gasteiger partial charge in [-0.25, -0.2) is 0 Å². The van der Waals surface area contributed by atoms with Crippen molar-refractivity contribution >= 4 is 11.6 Å². The molecule has 1 fully saturated rings. The maximum Gasteiger partial charge on any atom is 0.241 e. The Hall–Kier alpha value is -1.75. The van der Waals surface area contributed by atoms with Gasteiger partial charge in [0, 0.05) is 18.2 Å². The first-order chi connectivity index (χ1) is 9.83. The lowest BCUT2D eigenvalue weighted by Gasteiger charge is -2.22. The second-order valence-corrected chi connectivity index (χ2v) is 5.20. The summed E-state index contributed by atoms with van der Waals surface area (Å²) >= 11 is 0. The van der Waals surface area contributed by atoms with Gasteiger partial charge in [0.15, 0.2) is 11.5 Å². The SMILES string of the molecule is O=C(Nc1ccc2c(c1)OCCCO2)[C@H]1CCCCN1. The fourth-order valence-electron chi connectivity index (χ4n) is 2.55. The second kappa shape index (κ2) is 6.13. The minimum Gasteiger partial charge on any atom is -0.490 e. The zero-order valence-electron chi connectivity index (χ0n) is 11.5. The number of piperidine rings is 1. The van der Waals surface area contributed by atoms with Gasteiger partial charge < -0.3 is 20.1 Å². The van der Waals surface area contributed by atoms with Gasteiger partial charge in [0.05, 0.1) is 19.3 Å². The van der Waals surface area contributed by atoms with E-state index < -0.39 is 0 Å². The molecule has 0 aliphatic carbocycles. The lowest BCUT2D eigenvalue weighted by Crippen LogP contribution is -2.43. The van der Waals surface area contributed by atoms with Gasteiger partial charge in [-0.1, -0.05) is 6.42 Å². The van der Waals surface area contributed by atoms with Crippen LogP contribution in [0.3, 0.4) is 0 Å². The summed E-state index contributed by atoms with van der Waals surface area (Å²) in [6.07, 6.45) is 4.03. The van der Waals surface area contributed by atoms with Crippen LogP contribution in [0.25, 0.3) is 0 Å². The van der Waals surface area contributed by atoms with Crippen LogP contribution >= 0.6 is 0 Å². The summed E-state index contributed by atoms with van der Waals surface area (Å²) in [5.41, 5.74) is 0.756. The third-order valence-corrected chi connectivity index (χ3v) is 3.64. The number of hydrogen-bond acceptors (Lipinski definition) is 4. The molecule has 2 N–H and O–H groups in total. The van der Waals surface area contributed by atoms with E-state index in [1.807, 2.05) is 18.2 Å². The molecule has 20 heavy (non-hydrogen) atoms. The predicted molar refractivity (Wildman–Crippen MR) is 76.3 cm³/mol. The molecule has 3 rings (SSSR count). The van der Waals surface area contributed by atoms with E-state index in [1.165, 1.54) is 0 Å². The summed E-state index contributed by atoms with van der Waals surface area (Å²) in [4.78, 5) is 12.2. The minimum absolute atomic E-state index is 0.0270. The van der Waals surface area contributed by atoms with Crippen LogP contribution in [0, 0.1) is 0 Å². The van der Waals surface area contributed by atoms with Crippen LogP contribution in [0.15, 0.2) is 18.2 Å². The average molecular weight is 276 g/mol. The van der Waals surface area contributed by atoms with Crippen molar-refractivity contribution < 1.29 is 14.3 Å². The zero-order chi connectivity index (χ0) is 13.8. The molecule has 0 bridgehead atoms. The largest absolute Gasteiger partial charge is 0.490 e. The average Bonchev–Trinajstić information content (AvgIpc) is 2.73. The lowest BCUT2D eigenvalue weighted by molar-refractivity contribution is -0.118.